The van der Waals surface area contributed by atoms with E-state index < -0.39 is 11.8 Å². The van der Waals surface area contributed by atoms with Gasteiger partial charge in [0.2, 0.25) is 0 Å². The quantitative estimate of drug-likeness (QED) is 0.474. The molecule has 18 heavy (non-hydrogen) atoms. The van der Waals surface area contributed by atoms with E-state index in [9.17, 15) is 9.59 Å². The third-order valence-corrected chi connectivity index (χ3v) is 2.90. The van der Waals surface area contributed by atoms with Gasteiger partial charge in [0.15, 0.2) is 0 Å². The number of hydrogen-bond acceptors (Lipinski definition) is 4. The van der Waals surface area contributed by atoms with E-state index in [4.69, 9.17) is 9.15 Å². The van der Waals surface area contributed by atoms with Crippen molar-refractivity contribution in [3.8, 4) is 0 Å². The molecule has 0 radical (unpaired) electrons. The van der Waals surface area contributed by atoms with Crippen molar-refractivity contribution in [2.75, 3.05) is 6.61 Å². The summed E-state index contributed by atoms with van der Waals surface area (Å²) < 4.78 is 10.2. The predicted octanol–water partition coefficient (Wildman–Crippen LogP) is 2.80. The van der Waals surface area contributed by atoms with Crippen molar-refractivity contribution in [3.05, 3.63) is 35.1 Å². The Hall–Kier alpha value is -2.10. The van der Waals surface area contributed by atoms with Gasteiger partial charge < -0.3 is 9.15 Å². The summed E-state index contributed by atoms with van der Waals surface area (Å²) in [6.07, 6.45) is 0. The van der Waals surface area contributed by atoms with Gasteiger partial charge in [-0.3, -0.25) is 4.79 Å². The first-order valence-corrected chi connectivity index (χ1v) is 5.75. The van der Waals surface area contributed by atoms with Crippen LogP contribution in [0.4, 0.5) is 0 Å². The minimum Gasteiger partial charge on any atom is -0.461 e. The first-order chi connectivity index (χ1) is 8.54. The SMILES string of the molecule is CCOC(=O)C(=O)c1ccc2oc(C)c(C)c2c1. The average Bonchev–Trinajstić information content (AvgIpc) is 2.64. The van der Waals surface area contributed by atoms with Crippen molar-refractivity contribution in [1.82, 2.24) is 0 Å². The van der Waals surface area contributed by atoms with Crippen LogP contribution in [-0.4, -0.2) is 18.4 Å². The lowest BCUT2D eigenvalue weighted by Gasteiger charge is -2.01. The van der Waals surface area contributed by atoms with Crippen molar-refractivity contribution < 1.29 is 18.7 Å². The van der Waals surface area contributed by atoms with E-state index >= 15 is 0 Å². The molecule has 2 aromatic rings. The number of Topliss-reactive ketones (excluding diaryl/α,β-unsaturated/α-hetero) is 1. The van der Waals surface area contributed by atoms with Crippen LogP contribution in [0.15, 0.2) is 22.6 Å². The Labute approximate surface area is 105 Å². The molecule has 4 nitrogen and oxygen atoms in total. The number of hydrogen-bond donors (Lipinski definition) is 0. The Morgan fingerprint density at radius 2 is 2.00 bits per heavy atom. The van der Waals surface area contributed by atoms with E-state index in [2.05, 4.69) is 0 Å². The molecular weight excluding hydrogens is 232 g/mol. The predicted molar refractivity (Wildman–Crippen MR) is 66.7 cm³/mol. The molecule has 0 fully saturated rings. The van der Waals surface area contributed by atoms with Crippen LogP contribution in [0.1, 0.15) is 28.6 Å². The molecule has 0 spiro atoms. The number of fused-ring (bicyclic) bond motifs is 1. The maximum absolute atomic E-state index is 11.8. The molecular formula is C14H14O4. The zero-order valence-corrected chi connectivity index (χ0v) is 10.6. The molecule has 0 amide bonds. The van der Waals surface area contributed by atoms with Gasteiger partial charge in [0.05, 0.1) is 6.61 Å². The van der Waals surface area contributed by atoms with Gasteiger partial charge in [0.1, 0.15) is 11.3 Å². The van der Waals surface area contributed by atoms with Gasteiger partial charge in [0.25, 0.3) is 5.78 Å². The standard InChI is InChI=1S/C14H14O4/c1-4-17-14(16)13(15)10-5-6-12-11(7-10)8(2)9(3)18-12/h5-7H,4H2,1-3H3. The highest BCUT2D eigenvalue weighted by molar-refractivity contribution is 6.40. The number of ketones is 1. The Kier molecular flexibility index (Phi) is 3.19. The van der Waals surface area contributed by atoms with E-state index in [1.54, 1.807) is 25.1 Å². The van der Waals surface area contributed by atoms with E-state index in [-0.39, 0.29) is 6.61 Å². The van der Waals surface area contributed by atoms with Crippen LogP contribution < -0.4 is 0 Å². The lowest BCUT2D eigenvalue weighted by molar-refractivity contribution is -0.137. The van der Waals surface area contributed by atoms with E-state index in [1.165, 1.54) is 0 Å². The molecule has 0 N–H and O–H groups in total. The third-order valence-electron chi connectivity index (χ3n) is 2.90. The van der Waals surface area contributed by atoms with Crippen molar-refractivity contribution >= 4 is 22.7 Å². The number of ether oxygens (including phenoxy) is 1. The molecule has 0 unspecified atom stereocenters. The summed E-state index contributed by atoms with van der Waals surface area (Å²) in [6.45, 7) is 5.64. The number of furan rings is 1. The first kappa shape index (κ1) is 12.4. The summed E-state index contributed by atoms with van der Waals surface area (Å²) >= 11 is 0. The first-order valence-electron chi connectivity index (χ1n) is 5.75. The molecule has 1 heterocycles. The molecule has 0 bridgehead atoms. The number of carbonyl (C=O) groups excluding carboxylic acids is 2. The van der Waals surface area contributed by atoms with Gasteiger partial charge in [-0.25, -0.2) is 4.79 Å². The van der Waals surface area contributed by atoms with Crippen LogP contribution in [0.5, 0.6) is 0 Å². The molecule has 0 atom stereocenters. The molecule has 0 aliphatic rings. The fourth-order valence-corrected chi connectivity index (χ4v) is 1.80. The van der Waals surface area contributed by atoms with Crippen LogP contribution in [0.2, 0.25) is 0 Å². The molecule has 0 aliphatic heterocycles. The molecule has 0 aliphatic carbocycles. The summed E-state index contributed by atoms with van der Waals surface area (Å²) in [5.74, 6) is -0.641. The summed E-state index contributed by atoms with van der Waals surface area (Å²) in [5.41, 5.74) is 2.01. The molecule has 4 heteroatoms. The highest BCUT2D eigenvalue weighted by atomic mass is 16.5. The van der Waals surface area contributed by atoms with Crippen LogP contribution in [-0.2, 0) is 9.53 Å². The highest BCUT2D eigenvalue weighted by Gasteiger charge is 2.18. The topological polar surface area (TPSA) is 56.5 Å². The molecule has 2 rings (SSSR count). The van der Waals surface area contributed by atoms with Gasteiger partial charge >= 0.3 is 5.97 Å². The van der Waals surface area contributed by atoms with Crippen molar-refractivity contribution in [2.24, 2.45) is 0 Å². The smallest absolute Gasteiger partial charge is 0.379 e. The summed E-state index contributed by atoms with van der Waals surface area (Å²) in [6, 6.07) is 4.94. The maximum atomic E-state index is 11.8. The maximum Gasteiger partial charge on any atom is 0.379 e. The van der Waals surface area contributed by atoms with Crippen molar-refractivity contribution in [2.45, 2.75) is 20.8 Å². The van der Waals surface area contributed by atoms with E-state index in [0.29, 0.717) is 11.1 Å². The second-order valence-electron chi connectivity index (χ2n) is 4.04. The zero-order valence-electron chi connectivity index (χ0n) is 10.6. The van der Waals surface area contributed by atoms with Crippen LogP contribution in [0, 0.1) is 13.8 Å². The summed E-state index contributed by atoms with van der Waals surface area (Å²) in [5, 5.41) is 0.850. The number of aryl methyl sites for hydroxylation is 2. The molecule has 94 valence electrons. The van der Waals surface area contributed by atoms with Gasteiger partial charge in [-0.1, -0.05) is 0 Å². The molecule has 1 aromatic carbocycles. The second-order valence-corrected chi connectivity index (χ2v) is 4.04. The largest absolute Gasteiger partial charge is 0.461 e. The van der Waals surface area contributed by atoms with E-state index in [0.717, 1.165) is 16.7 Å². The van der Waals surface area contributed by atoms with Crippen LogP contribution in [0.3, 0.4) is 0 Å². The monoisotopic (exact) mass is 246 g/mol. The van der Waals surface area contributed by atoms with Gasteiger partial charge in [-0.05, 0) is 44.5 Å². The minimum absolute atomic E-state index is 0.191. The number of rotatable bonds is 3. The normalized spacial score (nSPS) is 10.6. The summed E-state index contributed by atoms with van der Waals surface area (Å²) in [4.78, 5) is 23.2. The summed E-state index contributed by atoms with van der Waals surface area (Å²) in [7, 11) is 0. The second kappa shape index (κ2) is 4.64. The molecule has 1 aromatic heterocycles. The third kappa shape index (κ3) is 2.01. The van der Waals surface area contributed by atoms with Gasteiger partial charge in [0, 0.05) is 10.9 Å². The van der Waals surface area contributed by atoms with Gasteiger partial charge in [-0.15, -0.1) is 0 Å². The van der Waals surface area contributed by atoms with Crippen molar-refractivity contribution in [3.63, 3.8) is 0 Å². The number of carbonyl (C=O) groups is 2. The van der Waals surface area contributed by atoms with Gasteiger partial charge in [-0.2, -0.15) is 0 Å². The fourth-order valence-electron chi connectivity index (χ4n) is 1.80. The minimum atomic E-state index is -0.824. The van der Waals surface area contributed by atoms with Crippen LogP contribution in [0.25, 0.3) is 11.0 Å². The molecule has 0 saturated carbocycles. The zero-order chi connectivity index (χ0) is 13.3. The average molecular weight is 246 g/mol. The lowest BCUT2D eigenvalue weighted by atomic mass is 10.1. The lowest BCUT2D eigenvalue weighted by Crippen LogP contribution is -2.17. The van der Waals surface area contributed by atoms with Crippen molar-refractivity contribution in [1.29, 1.82) is 0 Å². The Morgan fingerprint density at radius 3 is 2.67 bits per heavy atom. The number of benzene rings is 1. The highest BCUT2D eigenvalue weighted by Crippen LogP contribution is 2.25. The Bertz CT molecular complexity index is 622. The Morgan fingerprint density at radius 1 is 1.28 bits per heavy atom. The van der Waals surface area contributed by atoms with Crippen LogP contribution >= 0.6 is 0 Å². The molecule has 0 saturated heterocycles. The Balaban J connectivity index is 2.44. The fraction of sp³-hybridized carbons (Fsp3) is 0.286. The van der Waals surface area contributed by atoms with E-state index in [1.807, 2.05) is 13.8 Å². The number of esters is 1.